The zero-order valence-electron chi connectivity index (χ0n) is 19.2. The molecule has 1 aromatic heterocycles. The Hall–Kier alpha value is -4.00. The van der Waals surface area contributed by atoms with Crippen molar-refractivity contribution in [3.63, 3.8) is 0 Å². The van der Waals surface area contributed by atoms with Gasteiger partial charge in [0.25, 0.3) is 0 Å². The highest BCUT2D eigenvalue weighted by Gasteiger charge is 2.31. The van der Waals surface area contributed by atoms with E-state index in [0.29, 0.717) is 44.4 Å². The Morgan fingerprint density at radius 2 is 1.78 bits per heavy atom. The van der Waals surface area contributed by atoms with Gasteiger partial charge in [0.2, 0.25) is 17.8 Å². The maximum atomic E-state index is 13.9. The third-order valence-corrected chi connectivity index (χ3v) is 5.31. The van der Waals surface area contributed by atoms with Gasteiger partial charge in [-0.2, -0.15) is 4.98 Å². The predicted molar refractivity (Wildman–Crippen MR) is 124 cm³/mol. The molecule has 1 aliphatic heterocycles. The van der Waals surface area contributed by atoms with Gasteiger partial charge in [0.15, 0.2) is 0 Å². The number of hydrogen-bond donors (Lipinski definition) is 2. The van der Waals surface area contributed by atoms with Crippen molar-refractivity contribution in [1.29, 1.82) is 0 Å². The summed E-state index contributed by atoms with van der Waals surface area (Å²) in [4.78, 5) is 28.2. The van der Waals surface area contributed by atoms with E-state index < -0.39 is 12.2 Å². The normalized spacial score (nSPS) is 14.4. The van der Waals surface area contributed by atoms with Crippen molar-refractivity contribution >= 4 is 29.2 Å². The highest BCUT2D eigenvalue weighted by molar-refractivity contribution is 5.89. The van der Waals surface area contributed by atoms with Crippen LogP contribution in [0.15, 0.2) is 48.8 Å². The number of alkyl halides is 3. The predicted octanol–water partition coefficient (Wildman–Crippen LogP) is 3.93. The minimum absolute atomic E-state index is 0.0421. The van der Waals surface area contributed by atoms with Crippen molar-refractivity contribution in [1.82, 2.24) is 19.9 Å². The molecule has 0 spiro atoms. The molecule has 2 aromatic carbocycles. The van der Waals surface area contributed by atoms with E-state index in [9.17, 15) is 22.4 Å². The average molecular weight is 505 g/mol. The SMILES string of the molecule is CC(=O)Nc1cc(Nc2ncnc(N3CCN(Cc4ccc(OC(F)(F)F)cc4)CC3)n2)ccc1F. The lowest BCUT2D eigenvalue weighted by atomic mass is 10.2. The monoisotopic (exact) mass is 505 g/mol. The number of ether oxygens (including phenoxy) is 1. The number of amides is 1. The molecule has 4 rings (SSSR count). The van der Waals surface area contributed by atoms with Crippen LogP contribution in [0, 0.1) is 5.82 Å². The smallest absolute Gasteiger partial charge is 0.406 e. The van der Waals surface area contributed by atoms with Gasteiger partial charge in [0, 0.05) is 45.3 Å². The molecule has 1 amide bonds. The zero-order chi connectivity index (χ0) is 25.7. The van der Waals surface area contributed by atoms with E-state index >= 15 is 0 Å². The van der Waals surface area contributed by atoms with Crippen LogP contribution in [-0.2, 0) is 11.3 Å². The molecule has 13 heteroatoms. The number of halogens is 4. The largest absolute Gasteiger partial charge is 0.573 e. The van der Waals surface area contributed by atoms with Crippen LogP contribution in [-0.4, -0.2) is 58.3 Å². The summed E-state index contributed by atoms with van der Waals surface area (Å²) in [6.45, 7) is 4.57. The third-order valence-electron chi connectivity index (χ3n) is 5.31. The number of carbonyl (C=O) groups excluding carboxylic acids is 1. The molecule has 3 aromatic rings. The molecule has 190 valence electrons. The summed E-state index contributed by atoms with van der Waals surface area (Å²) in [5.74, 6) is -0.452. The van der Waals surface area contributed by atoms with E-state index in [-0.39, 0.29) is 23.3 Å². The summed E-state index contributed by atoms with van der Waals surface area (Å²) in [6.07, 6.45) is -3.34. The molecule has 2 N–H and O–H groups in total. The number of carbonyl (C=O) groups is 1. The lowest BCUT2D eigenvalue weighted by molar-refractivity contribution is -0.274. The van der Waals surface area contributed by atoms with Crippen molar-refractivity contribution in [2.75, 3.05) is 41.7 Å². The number of nitrogens with zero attached hydrogens (tertiary/aromatic N) is 5. The van der Waals surface area contributed by atoms with Gasteiger partial charge in [-0.3, -0.25) is 9.69 Å². The second-order valence-electron chi connectivity index (χ2n) is 8.06. The molecule has 0 aliphatic carbocycles. The Morgan fingerprint density at radius 3 is 2.44 bits per heavy atom. The third kappa shape index (κ3) is 7.01. The molecule has 0 saturated carbocycles. The van der Waals surface area contributed by atoms with E-state index in [2.05, 4.69) is 35.2 Å². The van der Waals surface area contributed by atoms with Crippen LogP contribution in [0.4, 0.5) is 40.8 Å². The lowest BCUT2D eigenvalue weighted by Crippen LogP contribution is -2.46. The van der Waals surface area contributed by atoms with Gasteiger partial charge in [-0.25, -0.2) is 14.4 Å². The maximum Gasteiger partial charge on any atom is 0.573 e. The first-order chi connectivity index (χ1) is 17.1. The van der Waals surface area contributed by atoms with Gasteiger partial charge in [-0.15, -0.1) is 13.2 Å². The van der Waals surface area contributed by atoms with Crippen LogP contribution in [0.3, 0.4) is 0 Å². The highest BCUT2D eigenvalue weighted by atomic mass is 19.4. The summed E-state index contributed by atoms with van der Waals surface area (Å²) in [7, 11) is 0. The number of benzene rings is 2. The first-order valence-electron chi connectivity index (χ1n) is 11.0. The fourth-order valence-electron chi connectivity index (χ4n) is 3.68. The summed E-state index contributed by atoms with van der Waals surface area (Å²) < 4.78 is 54.7. The van der Waals surface area contributed by atoms with Crippen molar-refractivity contribution in [2.45, 2.75) is 19.8 Å². The number of hydrogen-bond acceptors (Lipinski definition) is 8. The Bertz CT molecular complexity index is 1200. The van der Waals surface area contributed by atoms with E-state index in [0.717, 1.165) is 5.56 Å². The zero-order valence-corrected chi connectivity index (χ0v) is 19.2. The number of nitrogens with one attached hydrogen (secondary N) is 2. The van der Waals surface area contributed by atoms with E-state index in [1.165, 1.54) is 43.6 Å². The number of piperazine rings is 1. The molecule has 1 saturated heterocycles. The average Bonchev–Trinajstić information content (AvgIpc) is 2.82. The minimum Gasteiger partial charge on any atom is -0.406 e. The van der Waals surface area contributed by atoms with Crippen LogP contribution in [0.2, 0.25) is 0 Å². The molecule has 0 unspecified atom stereocenters. The summed E-state index contributed by atoms with van der Waals surface area (Å²) in [5, 5.41) is 5.41. The number of anilines is 4. The molecule has 0 bridgehead atoms. The molecule has 9 nitrogen and oxygen atoms in total. The van der Waals surface area contributed by atoms with Crippen molar-refractivity contribution in [3.05, 3.63) is 60.2 Å². The Balaban J connectivity index is 1.33. The van der Waals surface area contributed by atoms with Gasteiger partial charge in [0.05, 0.1) is 5.69 Å². The second kappa shape index (κ2) is 10.7. The number of rotatable bonds is 7. The highest BCUT2D eigenvalue weighted by Crippen LogP contribution is 2.24. The first kappa shape index (κ1) is 25.1. The second-order valence-corrected chi connectivity index (χ2v) is 8.06. The van der Waals surface area contributed by atoms with Gasteiger partial charge >= 0.3 is 6.36 Å². The van der Waals surface area contributed by atoms with Gasteiger partial charge in [-0.05, 0) is 35.9 Å². The molecule has 1 aliphatic rings. The summed E-state index contributed by atoms with van der Waals surface area (Å²) >= 11 is 0. The van der Waals surface area contributed by atoms with Gasteiger partial charge in [0.1, 0.15) is 17.9 Å². The number of aromatic nitrogens is 3. The standard InChI is InChI=1S/C23H23F4N7O2/c1-15(35)30-20-12-17(4-7-19(20)24)31-21-28-14-29-22(32-21)34-10-8-33(9-11-34)13-16-2-5-18(6-3-16)36-23(25,26)27/h2-7,12,14H,8-11,13H2,1H3,(H,30,35)(H,28,29,31,32). The van der Waals surface area contributed by atoms with Crippen LogP contribution in [0.25, 0.3) is 0 Å². The van der Waals surface area contributed by atoms with Gasteiger partial charge in [-0.1, -0.05) is 12.1 Å². The van der Waals surface area contributed by atoms with E-state index in [1.54, 1.807) is 12.1 Å². The first-order valence-corrected chi connectivity index (χ1v) is 11.0. The van der Waals surface area contributed by atoms with Crippen LogP contribution >= 0.6 is 0 Å². The van der Waals surface area contributed by atoms with Crippen molar-refractivity contribution < 1.29 is 27.1 Å². The minimum atomic E-state index is -4.71. The topological polar surface area (TPSA) is 95.5 Å². The summed E-state index contributed by atoms with van der Waals surface area (Å²) in [6, 6.07) is 10.0. The van der Waals surface area contributed by atoms with Gasteiger partial charge < -0.3 is 20.3 Å². The van der Waals surface area contributed by atoms with Crippen molar-refractivity contribution in [3.8, 4) is 5.75 Å². The van der Waals surface area contributed by atoms with Crippen LogP contribution in [0.5, 0.6) is 5.75 Å². The Labute approximate surface area is 204 Å². The fourth-order valence-corrected chi connectivity index (χ4v) is 3.68. The Kier molecular flexibility index (Phi) is 7.48. The van der Waals surface area contributed by atoms with Crippen molar-refractivity contribution in [2.24, 2.45) is 0 Å². The van der Waals surface area contributed by atoms with E-state index in [4.69, 9.17) is 0 Å². The van der Waals surface area contributed by atoms with Crippen LogP contribution in [0.1, 0.15) is 12.5 Å². The Morgan fingerprint density at radius 1 is 1.06 bits per heavy atom. The molecule has 0 atom stereocenters. The quantitative estimate of drug-likeness (QED) is 0.467. The molecular weight excluding hydrogens is 482 g/mol. The molecular formula is C23H23F4N7O2. The maximum absolute atomic E-state index is 13.9. The molecule has 0 radical (unpaired) electrons. The molecule has 1 fully saturated rings. The van der Waals surface area contributed by atoms with Crippen LogP contribution < -0.4 is 20.3 Å². The molecule has 2 heterocycles. The molecule has 36 heavy (non-hydrogen) atoms. The summed E-state index contributed by atoms with van der Waals surface area (Å²) in [5.41, 5.74) is 1.41. The fraction of sp³-hybridized carbons (Fsp3) is 0.304. The van der Waals surface area contributed by atoms with E-state index in [1.807, 2.05) is 4.90 Å². The lowest BCUT2D eigenvalue weighted by Gasteiger charge is -2.34.